The molecule has 0 N–H and O–H groups in total. The second-order valence-electron chi connectivity index (χ2n) is 5.26. The smallest absolute Gasteiger partial charge is 0.131 e. The fourth-order valence-corrected chi connectivity index (χ4v) is 3.10. The van der Waals surface area contributed by atoms with Crippen LogP contribution < -0.4 is 9.47 Å². The lowest BCUT2D eigenvalue weighted by molar-refractivity contribution is 0.300. The number of methoxy groups -OCH3 is 1. The summed E-state index contributed by atoms with van der Waals surface area (Å²) < 4.78 is 11.1. The van der Waals surface area contributed by atoms with Crippen molar-refractivity contribution in [1.82, 2.24) is 4.98 Å². The van der Waals surface area contributed by atoms with Gasteiger partial charge in [0.05, 0.1) is 24.4 Å². The quantitative estimate of drug-likeness (QED) is 0.684. The van der Waals surface area contributed by atoms with Gasteiger partial charge < -0.3 is 9.47 Å². The van der Waals surface area contributed by atoms with E-state index in [-0.39, 0.29) is 0 Å². The lowest BCUT2D eigenvalue weighted by Crippen LogP contribution is -1.97. The number of nitrogens with zero attached hydrogens (tertiary/aromatic N) is 2. The molecule has 4 nitrogen and oxygen atoms in total. The molecule has 24 heavy (non-hydrogen) atoms. The average molecular weight is 336 g/mol. The molecule has 0 radical (unpaired) electrons. The van der Waals surface area contributed by atoms with Crippen LogP contribution in [0.25, 0.3) is 10.6 Å². The third kappa shape index (κ3) is 3.55. The van der Waals surface area contributed by atoms with Crippen molar-refractivity contribution in [3.8, 4) is 28.1 Å². The molecular formula is C19H16N2O2S. The van der Waals surface area contributed by atoms with Crippen molar-refractivity contribution in [2.75, 3.05) is 7.11 Å². The van der Waals surface area contributed by atoms with Crippen molar-refractivity contribution in [1.29, 1.82) is 5.26 Å². The van der Waals surface area contributed by atoms with E-state index in [0.29, 0.717) is 12.2 Å². The molecule has 0 saturated heterocycles. The Balaban J connectivity index is 1.71. The molecule has 0 aliphatic carbocycles. The molecule has 5 heteroatoms. The highest BCUT2D eigenvalue weighted by Crippen LogP contribution is 2.27. The van der Waals surface area contributed by atoms with Crippen LogP contribution in [0.1, 0.15) is 16.8 Å². The largest absolute Gasteiger partial charge is 0.497 e. The third-order valence-electron chi connectivity index (χ3n) is 3.55. The first-order valence-corrected chi connectivity index (χ1v) is 8.30. The van der Waals surface area contributed by atoms with Gasteiger partial charge in [0.2, 0.25) is 0 Å². The maximum absolute atomic E-state index is 8.90. The highest BCUT2D eigenvalue weighted by Gasteiger charge is 2.08. The summed E-state index contributed by atoms with van der Waals surface area (Å²) in [4.78, 5) is 4.62. The van der Waals surface area contributed by atoms with E-state index in [1.165, 1.54) is 0 Å². The monoisotopic (exact) mass is 336 g/mol. The maximum atomic E-state index is 8.90. The Morgan fingerprint density at radius 3 is 2.83 bits per heavy atom. The summed E-state index contributed by atoms with van der Waals surface area (Å²) in [7, 11) is 1.65. The van der Waals surface area contributed by atoms with Crippen LogP contribution in [0.2, 0.25) is 0 Å². The highest BCUT2D eigenvalue weighted by molar-refractivity contribution is 7.13. The van der Waals surface area contributed by atoms with Crippen LogP contribution in [0.4, 0.5) is 0 Å². The van der Waals surface area contributed by atoms with Gasteiger partial charge in [0.1, 0.15) is 23.1 Å². The Hall–Kier alpha value is -2.84. The molecule has 3 aromatic rings. The minimum absolute atomic E-state index is 0.396. The molecular weight excluding hydrogens is 320 g/mol. The Bertz CT molecular complexity index is 896. The molecule has 0 atom stereocenters. The number of thiazole rings is 1. The summed E-state index contributed by atoms with van der Waals surface area (Å²) in [5.74, 6) is 1.58. The highest BCUT2D eigenvalue weighted by atomic mass is 32.1. The Labute approximate surface area is 144 Å². The summed E-state index contributed by atoms with van der Waals surface area (Å²) in [5.41, 5.74) is 3.48. The van der Waals surface area contributed by atoms with Gasteiger partial charge in [-0.3, -0.25) is 0 Å². The molecule has 3 rings (SSSR count). The van der Waals surface area contributed by atoms with E-state index in [0.717, 1.165) is 33.3 Å². The summed E-state index contributed by atoms with van der Waals surface area (Å²) in [6.07, 6.45) is 0. The van der Waals surface area contributed by atoms with Crippen LogP contribution >= 0.6 is 11.3 Å². The predicted molar refractivity (Wildman–Crippen MR) is 94.3 cm³/mol. The predicted octanol–water partition coefficient (Wildman–Crippen LogP) is 4.58. The van der Waals surface area contributed by atoms with Gasteiger partial charge in [0.25, 0.3) is 0 Å². The van der Waals surface area contributed by atoms with E-state index in [2.05, 4.69) is 11.1 Å². The van der Waals surface area contributed by atoms with Gasteiger partial charge in [-0.1, -0.05) is 12.1 Å². The van der Waals surface area contributed by atoms with Gasteiger partial charge in [-0.2, -0.15) is 5.26 Å². The molecule has 0 amide bonds. The van der Waals surface area contributed by atoms with Gasteiger partial charge in [-0.05, 0) is 42.8 Å². The lowest BCUT2D eigenvalue weighted by Gasteiger charge is -2.07. The second-order valence-corrected chi connectivity index (χ2v) is 6.11. The first kappa shape index (κ1) is 16.0. The summed E-state index contributed by atoms with van der Waals surface area (Å²) in [5, 5.41) is 11.8. The third-order valence-corrected chi connectivity index (χ3v) is 4.49. The summed E-state index contributed by atoms with van der Waals surface area (Å²) in [6.45, 7) is 2.33. The number of ether oxygens (including phenoxy) is 2. The van der Waals surface area contributed by atoms with Gasteiger partial charge in [-0.15, -0.1) is 11.3 Å². The van der Waals surface area contributed by atoms with Crippen LogP contribution in [-0.4, -0.2) is 12.1 Å². The van der Waals surface area contributed by atoms with Crippen LogP contribution in [0.3, 0.4) is 0 Å². The van der Waals surface area contributed by atoms with Crippen molar-refractivity contribution in [2.45, 2.75) is 13.5 Å². The minimum atomic E-state index is 0.396. The number of rotatable bonds is 5. The molecule has 1 aromatic heterocycles. The zero-order valence-electron chi connectivity index (χ0n) is 13.4. The first-order valence-electron chi connectivity index (χ1n) is 7.42. The number of aromatic nitrogens is 1. The zero-order valence-corrected chi connectivity index (χ0v) is 14.3. The Morgan fingerprint density at radius 1 is 1.21 bits per heavy atom. The number of hydrogen-bond acceptors (Lipinski definition) is 5. The van der Waals surface area contributed by atoms with E-state index in [1.54, 1.807) is 24.5 Å². The fourth-order valence-electron chi connectivity index (χ4n) is 2.29. The number of aryl methyl sites for hydroxylation is 1. The Morgan fingerprint density at radius 2 is 2.08 bits per heavy atom. The van der Waals surface area contributed by atoms with Gasteiger partial charge >= 0.3 is 0 Å². The van der Waals surface area contributed by atoms with E-state index in [4.69, 9.17) is 14.7 Å². The zero-order chi connectivity index (χ0) is 16.9. The molecule has 120 valence electrons. The van der Waals surface area contributed by atoms with Gasteiger partial charge in [0.15, 0.2) is 0 Å². The first-order chi connectivity index (χ1) is 11.7. The second kappa shape index (κ2) is 7.16. The molecule has 1 heterocycles. The van der Waals surface area contributed by atoms with Crippen LogP contribution in [-0.2, 0) is 6.61 Å². The fraction of sp³-hybridized carbons (Fsp3) is 0.158. The molecule has 0 fully saturated rings. The standard InChI is InChI=1S/C19H16N2O2S/c1-13-8-14(10-20)6-7-18(13)23-11-16-12-24-19(21-16)15-4-3-5-17(9-15)22-2/h3-9,12H,11H2,1-2H3. The molecule has 2 aromatic carbocycles. The topological polar surface area (TPSA) is 55.1 Å². The molecule has 0 aliphatic rings. The van der Waals surface area contributed by atoms with Crippen molar-refractivity contribution >= 4 is 11.3 Å². The van der Waals surface area contributed by atoms with Crippen molar-refractivity contribution in [3.63, 3.8) is 0 Å². The van der Waals surface area contributed by atoms with Crippen LogP contribution in [0, 0.1) is 18.3 Å². The lowest BCUT2D eigenvalue weighted by atomic mass is 10.1. The van der Waals surface area contributed by atoms with Crippen LogP contribution in [0.15, 0.2) is 47.8 Å². The summed E-state index contributed by atoms with van der Waals surface area (Å²) >= 11 is 1.58. The van der Waals surface area contributed by atoms with Gasteiger partial charge in [0, 0.05) is 10.9 Å². The SMILES string of the molecule is COc1cccc(-c2nc(COc3ccc(C#N)cc3C)cs2)c1. The Kier molecular flexibility index (Phi) is 4.78. The molecule has 0 aliphatic heterocycles. The van der Waals surface area contributed by atoms with E-state index in [1.807, 2.05) is 48.7 Å². The molecule has 0 spiro atoms. The minimum Gasteiger partial charge on any atom is -0.497 e. The average Bonchev–Trinajstić information content (AvgIpc) is 3.09. The number of hydrogen-bond donors (Lipinski definition) is 0. The van der Waals surface area contributed by atoms with Crippen molar-refractivity contribution in [2.24, 2.45) is 0 Å². The van der Waals surface area contributed by atoms with Gasteiger partial charge in [-0.25, -0.2) is 4.98 Å². The van der Waals surface area contributed by atoms with Crippen LogP contribution in [0.5, 0.6) is 11.5 Å². The van der Waals surface area contributed by atoms with Crippen molar-refractivity contribution in [3.05, 3.63) is 64.7 Å². The number of benzene rings is 2. The summed E-state index contributed by atoms with van der Waals surface area (Å²) in [6, 6.07) is 15.4. The normalized spacial score (nSPS) is 10.2. The molecule has 0 unspecified atom stereocenters. The van der Waals surface area contributed by atoms with E-state index < -0.39 is 0 Å². The number of nitriles is 1. The van der Waals surface area contributed by atoms with E-state index >= 15 is 0 Å². The molecule has 0 bridgehead atoms. The molecule has 0 saturated carbocycles. The van der Waals surface area contributed by atoms with E-state index in [9.17, 15) is 0 Å². The maximum Gasteiger partial charge on any atom is 0.131 e. The van der Waals surface area contributed by atoms with Crippen molar-refractivity contribution < 1.29 is 9.47 Å².